The highest BCUT2D eigenvalue weighted by atomic mass is 14.9. The molecule has 0 bridgehead atoms. The third-order valence-electron chi connectivity index (χ3n) is 2.60. The summed E-state index contributed by atoms with van der Waals surface area (Å²) in [6.07, 6.45) is 3.07. The summed E-state index contributed by atoms with van der Waals surface area (Å²) in [5.41, 5.74) is 1.12. The number of hydrogen-bond donors (Lipinski definition) is 1. The van der Waals surface area contributed by atoms with E-state index in [2.05, 4.69) is 37.1 Å². The van der Waals surface area contributed by atoms with Crippen LogP contribution in [0.4, 0.5) is 0 Å². The average molecular weight is 192 g/mol. The molecular formula is C12H20N2. The molecule has 0 saturated carbocycles. The Hall–Kier alpha value is -0.890. The minimum atomic E-state index is 0.352. The molecule has 1 aromatic heterocycles. The van der Waals surface area contributed by atoms with Crippen LogP contribution in [0.1, 0.15) is 38.9 Å². The van der Waals surface area contributed by atoms with Gasteiger partial charge in [0.15, 0.2) is 0 Å². The summed E-state index contributed by atoms with van der Waals surface area (Å²) in [5, 5.41) is 3.49. The molecule has 0 radical (unpaired) electrons. The molecule has 0 amide bonds. The standard InChI is InChI=1S/C12H20N2/c1-4-10(2)9-14-11(3)12-7-5-6-8-13-12/h5-8,10-11,14H,4,9H2,1-3H3/t10?,11-/m1/s1. The van der Waals surface area contributed by atoms with E-state index in [0.29, 0.717) is 6.04 Å². The Kier molecular flexibility index (Phi) is 4.60. The topological polar surface area (TPSA) is 24.9 Å². The van der Waals surface area contributed by atoms with Crippen LogP contribution in [0.5, 0.6) is 0 Å². The predicted octanol–water partition coefficient (Wildman–Crippen LogP) is 2.78. The second-order valence-corrected chi connectivity index (χ2v) is 3.90. The maximum Gasteiger partial charge on any atom is 0.0570 e. The Bertz CT molecular complexity index is 246. The second kappa shape index (κ2) is 5.76. The van der Waals surface area contributed by atoms with Crippen molar-refractivity contribution in [1.82, 2.24) is 10.3 Å². The van der Waals surface area contributed by atoms with E-state index < -0.39 is 0 Å². The first-order valence-corrected chi connectivity index (χ1v) is 5.38. The van der Waals surface area contributed by atoms with Crippen molar-refractivity contribution < 1.29 is 0 Å². The fraction of sp³-hybridized carbons (Fsp3) is 0.583. The largest absolute Gasteiger partial charge is 0.309 e. The average Bonchev–Trinajstić information content (AvgIpc) is 2.26. The molecule has 1 N–H and O–H groups in total. The van der Waals surface area contributed by atoms with Crippen LogP contribution in [0, 0.1) is 5.92 Å². The molecule has 2 atom stereocenters. The molecule has 0 aliphatic rings. The number of pyridine rings is 1. The van der Waals surface area contributed by atoms with Crippen LogP contribution in [0.15, 0.2) is 24.4 Å². The van der Waals surface area contributed by atoms with Crippen molar-refractivity contribution in [2.24, 2.45) is 5.92 Å². The Morgan fingerprint density at radius 3 is 2.71 bits per heavy atom. The molecule has 0 saturated heterocycles. The van der Waals surface area contributed by atoms with E-state index in [1.54, 1.807) is 0 Å². The molecule has 1 unspecified atom stereocenters. The molecule has 1 rings (SSSR count). The molecule has 14 heavy (non-hydrogen) atoms. The van der Waals surface area contributed by atoms with Crippen LogP contribution in [-0.4, -0.2) is 11.5 Å². The molecule has 0 aliphatic heterocycles. The van der Waals surface area contributed by atoms with Gasteiger partial charge in [0, 0.05) is 12.2 Å². The SMILES string of the molecule is CCC(C)CN[C@H](C)c1ccccn1. The lowest BCUT2D eigenvalue weighted by atomic mass is 10.1. The van der Waals surface area contributed by atoms with Crippen molar-refractivity contribution in [1.29, 1.82) is 0 Å². The van der Waals surface area contributed by atoms with E-state index in [9.17, 15) is 0 Å². The quantitative estimate of drug-likeness (QED) is 0.776. The van der Waals surface area contributed by atoms with E-state index in [-0.39, 0.29) is 0 Å². The first kappa shape index (κ1) is 11.2. The van der Waals surface area contributed by atoms with Crippen molar-refractivity contribution in [2.75, 3.05) is 6.54 Å². The minimum absolute atomic E-state index is 0.352. The summed E-state index contributed by atoms with van der Waals surface area (Å²) in [5.74, 6) is 0.737. The smallest absolute Gasteiger partial charge is 0.0570 e. The zero-order chi connectivity index (χ0) is 10.4. The van der Waals surface area contributed by atoms with E-state index in [1.165, 1.54) is 6.42 Å². The zero-order valence-corrected chi connectivity index (χ0v) is 9.33. The third-order valence-corrected chi connectivity index (χ3v) is 2.60. The van der Waals surface area contributed by atoms with Gasteiger partial charge in [-0.2, -0.15) is 0 Å². The molecule has 0 aliphatic carbocycles. The summed E-state index contributed by atoms with van der Waals surface area (Å²) in [6.45, 7) is 7.70. The van der Waals surface area contributed by atoms with E-state index in [0.717, 1.165) is 18.2 Å². The van der Waals surface area contributed by atoms with Gasteiger partial charge >= 0.3 is 0 Å². The van der Waals surface area contributed by atoms with E-state index >= 15 is 0 Å². The summed E-state index contributed by atoms with van der Waals surface area (Å²) in [6, 6.07) is 6.40. The lowest BCUT2D eigenvalue weighted by Gasteiger charge is -2.16. The van der Waals surface area contributed by atoms with Gasteiger partial charge in [-0.1, -0.05) is 26.3 Å². The zero-order valence-electron chi connectivity index (χ0n) is 9.33. The highest BCUT2D eigenvalue weighted by Crippen LogP contribution is 2.09. The van der Waals surface area contributed by atoms with Crippen LogP contribution in [0.2, 0.25) is 0 Å². The van der Waals surface area contributed by atoms with Gasteiger partial charge in [0.2, 0.25) is 0 Å². The van der Waals surface area contributed by atoms with Crippen molar-refractivity contribution in [3.63, 3.8) is 0 Å². The van der Waals surface area contributed by atoms with Gasteiger partial charge in [-0.3, -0.25) is 4.98 Å². The molecule has 0 aromatic carbocycles. The van der Waals surface area contributed by atoms with Gasteiger partial charge in [0.1, 0.15) is 0 Å². The first-order valence-electron chi connectivity index (χ1n) is 5.38. The lowest BCUT2D eigenvalue weighted by molar-refractivity contribution is 0.456. The van der Waals surface area contributed by atoms with Crippen LogP contribution < -0.4 is 5.32 Å². The summed E-state index contributed by atoms with van der Waals surface area (Å²) in [4.78, 5) is 4.32. The highest BCUT2D eigenvalue weighted by Gasteiger charge is 2.06. The minimum Gasteiger partial charge on any atom is -0.309 e. The molecule has 2 heteroatoms. The second-order valence-electron chi connectivity index (χ2n) is 3.90. The molecule has 1 aromatic rings. The van der Waals surface area contributed by atoms with Gasteiger partial charge in [-0.05, 0) is 31.5 Å². The number of hydrogen-bond acceptors (Lipinski definition) is 2. The molecule has 0 fully saturated rings. The molecule has 0 spiro atoms. The predicted molar refractivity (Wildman–Crippen MR) is 60.1 cm³/mol. The first-order chi connectivity index (χ1) is 6.74. The fourth-order valence-corrected chi connectivity index (χ4v) is 1.26. The van der Waals surface area contributed by atoms with Crippen LogP contribution in [-0.2, 0) is 0 Å². The molecule has 1 heterocycles. The van der Waals surface area contributed by atoms with Gasteiger partial charge in [0.05, 0.1) is 5.69 Å². The van der Waals surface area contributed by atoms with Crippen molar-refractivity contribution in [3.05, 3.63) is 30.1 Å². The lowest BCUT2D eigenvalue weighted by Crippen LogP contribution is -2.24. The van der Waals surface area contributed by atoms with Crippen LogP contribution in [0.3, 0.4) is 0 Å². The van der Waals surface area contributed by atoms with E-state index in [4.69, 9.17) is 0 Å². The summed E-state index contributed by atoms with van der Waals surface area (Å²) < 4.78 is 0. The molecular weight excluding hydrogens is 172 g/mol. The number of aromatic nitrogens is 1. The fourth-order valence-electron chi connectivity index (χ4n) is 1.26. The maximum atomic E-state index is 4.32. The molecule has 2 nitrogen and oxygen atoms in total. The summed E-state index contributed by atoms with van der Waals surface area (Å²) >= 11 is 0. The number of rotatable bonds is 5. The van der Waals surface area contributed by atoms with Gasteiger partial charge in [0.25, 0.3) is 0 Å². The monoisotopic (exact) mass is 192 g/mol. The van der Waals surface area contributed by atoms with Gasteiger partial charge in [-0.15, -0.1) is 0 Å². The normalized spacial score (nSPS) is 15.1. The third kappa shape index (κ3) is 3.46. The summed E-state index contributed by atoms with van der Waals surface area (Å²) in [7, 11) is 0. The van der Waals surface area contributed by atoms with Crippen molar-refractivity contribution in [3.8, 4) is 0 Å². The van der Waals surface area contributed by atoms with Gasteiger partial charge < -0.3 is 5.32 Å². The van der Waals surface area contributed by atoms with Crippen LogP contribution in [0.25, 0.3) is 0 Å². The number of nitrogens with zero attached hydrogens (tertiary/aromatic N) is 1. The maximum absolute atomic E-state index is 4.32. The van der Waals surface area contributed by atoms with E-state index in [1.807, 2.05) is 18.3 Å². The van der Waals surface area contributed by atoms with Gasteiger partial charge in [-0.25, -0.2) is 0 Å². The molecule has 78 valence electrons. The van der Waals surface area contributed by atoms with Crippen molar-refractivity contribution >= 4 is 0 Å². The Morgan fingerprint density at radius 1 is 1.36 bits per heavy atom. The Balaban J connectivity index is 2.39. The highest BCUT2D eigenvalue weighted by molar-refractivity contribution is 5.07. The number of nitrogens with one attached hydrogen (secondary N) is 1. The van der Waals surface area contributed by atoms with Crippen molar-refractivity contribution in [2.45, 2.75) is 33.2 Å². The Morgan fingerprint density at radius 2 is 2.14 bits per heavy atom. The van der Waals surface area contributed by atoms with Crippen LogP contribution >= 0.6 is 0 Å². The Labute approximate surface area is 86.8 Å².